The maximum absolute atomic E-state index is 3.73. The topological polar surface area (TPSA) is 15.3 Å². The molecule has 0 unspecified atom stereocenters. The fourth-order valence-corrected chi connectivity index (χ4v) is 3.91. The van der Waals surface area contributed by atoms with Crippen LogP contribution in [0.4, 0.5) is 5.69 Å². The van der Waals surface area contributed by atoms with Gasteiger partial charge in [-0.3, -0.25) is 0 Å². The first kappa shape index (κ1) is 14.8. The predicted molar refractivity (Wildman–Crippen MR) is 96.5 cm³/mol. The second kappa shape index (κ2) is 6.76. The Balaban J connectivity index is 1.35. The summed E-state index contributed by atoms with van der Waals surface area (Å²) in [4.78, 5) is 2.46. The van der Waals surface area contributed by atoms with Crippen molar-refractivity contribution in [2.75, 3.05) is 4.90 Å². The summed E-state index contributed by atoms with van der Waals surface area (Å²) in [6.45, 7) is 3.08. The van der Waals surface area contributed by atoms with Gasteiger partial charge >= 0.3 is 0 Å². The molecule has 0 atom stereocenters. The number of hydrogen-bond donors (Lipinski definition) is 1. The molecule has 2 aliphatic rings. The highest BCUT2D eigenvalue weighted by molar-refractivity contribution is 5.52. The van der Waals surface area contributed by atoms with Gasteiger partial charge in [-0.05, 0) is 41.7 Å². The molecule has 1 N–H and O–H groups in total. The largest absolute Gasteiger partial charge is 0.363 e. The summed E-state index contributed by atoms with van der Waals surface area (Å²) in [6, 6.07) is 18.6. The van der Waals surface area contributed by atoms with E-state index >= 15 is 0 Å². The lowest BCUT2D eigenvalue weighted by molar-refractivity contribution is 0.372. The maximum Gasteiger partial charge on any atom is 0.0436 e. The Morgan fingerprint density at radius 1 is 0.826 bits per heavy atom. The van der Waals surface area contributed by atoms with Crippen LogP contribution in [-0.4, -0.2) is 6.04 Å². The number of hydrogen-bond acceptors (Lipinski definition) is 2. The Hall–Kier alpha value is -1.80. The van der Waals surface area contributed by atoms with E-state index in [9.17, 15) is 0 Å². The molecule has 120 valence electrons. The van der Waals surface area contributed by atoms with Crippen LogP contribution >= 0.6 is 0 Å². The van der Waals surface area contributed by atoms with Gasteiger partial charge in [0.05, 0.1) is 0 Å². The fourth-order valence-electron chi connectivity index (χ4n) is 3.91. The summed E-state index contributed by atoms with van der Waals surface area (Å²) in [5.41, 5.74) is 5.67. The Labute approximate surface area is 139 Å². The average molecular weight is 306 g/mol. The van der Waals surface area contributed by atoms with Gasteiger partial charge < -0.3 is 10.2 Å². The van der Waals surface area contributed by atoms with E-state index in [1.165, 1.54) is 54.5 Å². The highest BCUT2D eigenvalue weighted by atomic mass is 15.1. The zero-order valence-corrected chi connectivity index (χ0v) is 13.8. The van der Waals surface area contributed by atoms with Crippen molar-refractivity contribution in [3.8, 4) is 0 Å². The average Bonchev–Trinajstić information content (AvgIpc) is 3.05. The van der Waals surface area contributed by atoms with Gasteiger partial charge in [0.1, 0.15) is 0 Å². The molecule has 2 nitrogen and oxygen atoms in total. The van der Waals surface area contributed by atoms with Crippen molar-refractivity contribution in [1.82, 2.24) is 5.32 Å². The van der Waals surface area contributed by atoms with Crippen LogP contribution in [0, 0.1) is 0 Å². The van der Waals surface area contributed by atoms with Crippen molar-refractivity contribution in [2.45, 2.75) is 57.8 Å². The van der Waals surface area contributed by atoms with E-state index in [2.05, 4.69) is 58.7 Å². The molecule has 0 radical (unpaired) electrons. The van der Waals surface area contributed by atoms with E-state index in [4.69, 9.17) is 0 Å². The monoisotopic (exact) mass is 306 g/mol. The molecular formula is C21H26N2. The number of nitrogens with zero attached hydrogens (tertiary/aromatic N) is 1. The van der Waals surface area contributed by atoms with Crippen molar-refractivity contribution in [1.29, 1.82) is 0 Å². The summed E-state index contributed by atoms with van der Waals surface area (Å²) in [6.07, 6.45) is 6.91. The molecule has 1 heterocycles. The summed E-state index contributed by atoms with van der Waals surface area (Å²) in [7, 11) is 0. The Bertz CT molecular complexity index is 616. The zero-order chi connectivity index (χ0) is 15.5. The second-order valence-corrected chi connectivity index (χ2v) is 7.01. The van der Waals surface area contributed by atoms with Gasteiger partial charge in [-0.25, -0.2) is 0 Å². The molecule has 1 aliphatic carbocycles. The van der Waals surface area contributed by atoms with Gasteiger partial charge in [0, 0.05) is 31.4 Å². The standard InChI is InChI=1S/C21H26N2/c1-2-8-20(9-3-1)22-14-17-10-12-21(13-11-17)23-15-18-6-4-5-7-19(18)16-23/h4-7,10-13,20,22H,1-3,8-9,14-16H2. The van der Waals surface area contributed by atoms with Crippen molar-refractivity contribution >= 4 is 5.69 Å². The van der Waals surface area contributed by atoms with E-state index in [0.717, 1.165) is 25.7 Å². The third kappa shape index (κ3) is 3.42. The molecule has 1 saturated carbocycles. The molecule has 0 amide bonds. The quantitative estimate of drug-likeness (QED) is 0.886. The van der Waals surface area contributed by atoms with Crippen LogP contribution in [-0.2, 0) is 19.6 Å². The third-order valence-corrected chi connectivity index (χ3v) is 5.34. The molecule has 23 heavy (non-hydrogen) atoms. The molecule has 0 aromatic heterocycles. The summed E-state index contributed by atoms with van der Waals surface area (Å²) in [5.74, 6) is 0. The summed E-state index contributed by atoms with van der Waals surface area (Å²) < 4.78 is 0. The zero-order valence-electron chi connectivity index (χ0n) is 13.8. The van der Waals surface area contributed by atoms with Crippen LogP contribution in [0.3, 0.4) is 0 Å². The second-order valence-electron chi connectivity index (χ2n) is 7.01. The van der Waals surface area contributed by atoms with Gasteiger partial charge in [-0.1, -0.05) is 55.7 Å². The maximum atomic E-state index is 3.73. The fraction of sp³-hybridized carbons (Fsp3) is 0.429. The van der Waals surface area contributed by atoms with E-state index in [0.29, 0.717) is 0 Å². The van der Waals surface area contributed by atoms with Crippen LogP contribution in [0.25, 0.3) is 0 Å². The van der Waals surface area contributed by atoms with Gasteiger partial charge in [-0.15, -0.1) is 0 Å². The number of nitrogens with one attached hydrogen (secondary N) is 1. The molecular weight excluding hydrogens is 280 g/mol. The van der Waals surface area contributed by atoms with Gasteiger partial charge in [0.25, 0.3) is 0 Å². The SMILES string of the molecule is c1ccc2c(c1)CN(c1ccc(CNC3CCCCC3)cc1)C2. The highest BCUT2D eigenvalue weighted by Gasteiger charge is 2.18. The molecule has 0 spiro atoms. The Morgan fingerprint density at radius 2 is 1.48 bits per heavy atom. The Kier molecular flexibility index (Phi) is 4.34. The van der Waals surface area contributed by atoms with Crippen LogP contribution in [0.5, 0.6) is 0 Å². The molecule has 4 rings (SSSR count). The lowest BCUT2D eigenvalue weighted by atomic mass is 9.95. The number of rotatable bonds is 4. The lowest BCUT2D eigenvalue weighted by Gasteiger charge is -2.23. The predicted octanol–water partition coefficient (Wildman–Crippen LogP) is 4.63. The van der Waals surface area contributed by atoms with E-state index in [1.54, 1.807) is 0 Å². The summed E-state index contributed by atoms with van der Waals surface area (Å²) >= 11 is 0. The van der Waals surface area contributed by atoms with Crippen LogP contribution in [0.2, 0.25) is 0 Å². The third-order valence-electron chi connectivity index (χ3n) is 5.34. The smallest absolute Gasteiger partial charge is 0.0436 e. The first-order chi connectivity index (χ1) is 11.4. The molecule has 2 heteroatoms. The Morgan fingerprint density at radius 3 is 2.13 bits per heavy atom. The minimum Gasteiger partial charge on any atom is -0.363 e. The van der Waals surface area contributed by atoms with Gasteiger partial charge in [0.15, 0.2) is 0 Å². The first-order valence-electron chi connectivity index (χ1n) is 9.02. The number of benzene rings is 2. The van der Waals surface area contributed by atoms with Crippen molar-refractivity contribution in [2.24, 2.45) is 0 Å². The van der Waals surface area contributed by atoms with E-state index < -0.39 is 0 Å². The van der Waals surface area contributed by atoms with Crippen LogP contribution in [0.1, 0.15) is 48.8 Å². The van der Waals surface area contributed by atoms with Crippen molar-refractivity contribution < 1.29 is 0 Å². The van der Waals surface area contributed by atoms with Gasteiger partial charge in [-0.2, -0.15) is 0 Å². The molecule has 2 aromatic carbocycles. The molecule has 0 bridgehead atoms. The van der Waals surface area contributed by atoms with E-state index in [1.807, 2.05) is 0 Å². The van der Waals surface area contributed by atoms with Gasteiger partial charge in [0.2, 0.25) is 0 Å². The van der Waals surface area contributed by atoms with E-state index in [-0.39, 0.29) is 0 Å². The number of anilines is 1. The molecule has 1 aliphatic heterocycles. The van der Waals surface area contributed by atoms with Crippen LogP contribution in [0.15, 0.2) is 48.5 Å². The molecule has 0 saturated heterocycles. The first-order valence-corrected chi connectivity index (χ1v) is 9.02. The normalized spacial score (nSPS) is 18.2. The lowest BCUT2D eigenvalue weighted by Crippen LogP contribution is -2.30. The number of fused-ring (bicyclic) bond motifs is 1. The molecule has 2 aromatic rings. The van der Waals surface area contributed by atoms with Crippen LogP contribution < -0.4 is 10.2 Å². The molecule has 1 fully saturated rings. The van der Waals surface area contributed by atoms with Crippen molar-refractivity contribution in [3.05, 3.63) is 65.2 Å². The van der Waals surface area contributed by atoms with Crippen molar-refractivity contribution in [3.63, 3.8) is 0 Å². The summed E-state index contributed by atoms with van der Waals surface area (Å²) in [5, 5.41) is 3.73. The minimum atomic E-state index is 0.733. The highest BCUT2D eigenvalue weighted by Crippen LogP contribution is 2.28. The minimum absolute atomic E-state index is 0.733.